The molecule has 0 saturated heterocycles. The average molecular weight is 431 g/mol. The molecule has 150 valence electrons. The Labute approximate surface area is 219 Å². The minimum Gasteiger partial charge on any atom is -0.548 e. The van der Waals surface area contributed by atoms with Crippen molar-refractivity contribution in [1.29, 1.82) is 0 Å². The van der Waals surface area contributed by atoms with Crippen molar-refractivity contribution in [1.82, 2.24) is 15.6 Å². The third-order valence-corrected chi connectivity index (χ3v) is 5.37. The Morgan fingerprint density at radius 3 is 2.37 bits per heavy atom. The smallest absolute Gasteiger partial charge is 0.548 e. The predicted octanol–water partition coefficient (Wildman–Crippen LogP) is -7.00. The molecule has 1 fully saturated rings. The van der Waals surface area contributed by atoms with Crippen molar-refractivity contribution >= 4 is 28.7 Å². The quantitative estimate of drug-likeness (QED) is 0.355. The molecule has 1 heterocycles. The van der Waals surface area contributed by atoms with Gasteiger partial charge in [0.05, 0.1) is 30.1 Å². The summed E-state index contributed by atoms with van der Waals surface area (Å²) in [6, 6.07) is 6.66. The fraction of sp³-hybridized carbons (Fsp3) is 0.450. The molecule has 0 spiro atoms. The maximum absolute atomic E-state index is 12.7. The average Bonchev–Trinajstić information content (AvgIpc) is 3.09. The number of amides is 1. The van der Waals surface area contributed by atoms with Gasteiger partial charge < -0.3 is 30.1 Å². The van der Waals surface area contributed by atoms with Gasteiger partial charge in [-0.1, -0.05) is 37.5 Å². The molecule has 1 aliphatic rings. The summed E-state index contributed by atoms with van der Waals surface area (Å²) < 4.78 is 0. The molecule has 2 aromatic rings. The molecule has 1 saturated carbocycles. The van der Waals surface area contributed by atoms with Crippen molar-refractivity contribution in [3.05, 3.63) is 36.0 Å². The molecule has 1 atom stereocenters. The van der Waals surface area contributed by atoms with Gasteiger partial charge in [-0.05, 0) is 30.9 Å². The molecule has 8 nitrogen and oxygen atoms in total. The Balaban J connectivity index is 0.00000225. The number of carboxylic acid groups (broad SMARTS) is 2. The molecule has 1 aliphatic carbocycles. The first kappa shape index (κ1) is 27.2. The van der Waals surface area contributed by atoms with Gasteiger partial charge in [-0.3, -0.25) is 10.1 Å². The Morgan fingerprint density at radius 2 is 1.73 bits per heavy atom. The number of aliphatic carboxylic acids is 2. The first-order valence-electron chi connectivity index (χ1n) is 9.43. The number of H-pyrrole nitrogens is 1. The molecule has 1 aromatic carbocycles. The Bertz CT molecular complexity index is 880. The van der Waals surface area contributed by atoms with E-state index in [2.05, 4.69) is 15.6 Å². The van der Waals surface area contributed by atoms with Gasteiger partial charge in [-0.2, -0.15) is 0 Å². The summed E-state index contributed by atoms with van der Waals surface area (Å²) in [5.74, 6) is -3.23. The van der Waals surface area contributed by atoms with E-state index in [-0.39, 0.29) is 65.5 Å². The largest absolute Gasteiger partial charge is 1.00 e. The maximum atomic E-state index is 12.7. The van der Waals surface area contributed by atoms with E-state index in [9.17, 15) is 24.6 Å². The second kappa shape index (κ2) is 12.2. The van der Waals surface area contributed by atoms with Crippen LogP contribution >= 0.6 is 0 Å². The maximum Gasteiger partial charge on any atom is 1.00 e. The third-order valence-electron chi connectivity index (χ3n) is 5.37. The van der Waals surface area contributed by atoms with Crippen molar-refractivity contribution in [3.8, 4) is 0 Å². The van der Waals surface area contributed by atoms with Gasteiger partial charge in [0.1, 0.15) is 0 Å². The number of carbonyl (C=O) groups excluding carboxylic acids is 3. The summed E-state index contributed by atoms with van der Waals surface area (Å²) >= 11 is 0. The Morgan fingerprint density at radius 1 is 1.07 bits per heavy atom. The second-order valence-corrected chi connectivity index (χ2v) is 7.28. The van der Waals surface area contributed by atoms with Crippen LogP contribution in [0.25, 0.3) is 10.9 Å². The molecular weight excluding hydrogens is 408 g/mol. The topological polar surface area (TPSA) is 137 Å². The molecule has 1 amide bonds. The summed E-state index contributed by atoms with van der Waals surface area (Å²) in [6.07, 6.45) is 5.10. The van der Waals surface area contributed by atoms with Gasteiger partial charge in [-0.15, -0.1) is 0 Å². The fourth-order valence-corrected chi connectivity index (χ4v) is 3.91. The number of benzene rings is 1. The minimum absolute atomic E-state index is 0. The predicted molar refractivity (Wildman–Crippen MR) is 97.8 cm³/mol. The zero-order valence-corrected chi connectivity index (χ0v) is 21.5. The van der Waals surface area contributed by atoms with E-state index >= 15 is 0 Å². The summed E-state index contributed by atoms with van der Waals surface area (Å²) in [5, 5.41) is 28.8. The van der Waals surface area contributed by atoms with Crippen LogP contribution in [0.1, 0.15) is 37.7 Å². The standard InChI is InChI=1S/C20H25N3O5.2Na/c24-17(25)12-22-18(26)16(23-20(19(27)28)8-4-1-5-9-20)10-13-11-21-15-7-3-2-6-14(13)15;;/h2-3,6-7,11,16,21,23H,1,4-5,8-10,12H2,(H,22,26)(H,24,25)(H,27,28);;/q;2*+1/p-2/t16-;;/m0../s1. The zero-order chi connectivity index (χ0) is 20.1. The van der Waals surface area contributed by atoms with E-state index in [0.29, 0.717) is 12.8 Å². The summed E-state index contributed by atoms with van der Waals surface area (Å²) in [5.41, 5.74) is 0.438. The SMILES string of the molecule is O=C([O-])CNC(=O)[C@H](Cc1c[nH]c2ccccc12)NC1(C(=O)[O-])CCCCC1.[Na+].[Na+]. The van der Waals surface area contributed by atoms with Crippen LogP contribution in [0, 0.1) is 0 Å². The van der Waals surface area contributed by atoms with Crippen molar-refractivity contribution in [2.45, 2.75) is 50.1 Å². The monoisotopic (exact) mass is 431 g/mol. The summed E-state index contributed by atoms with van der Waals surface area (Å²) in [4.78, 5) is 38.4. The normalized spacial score (nSPS) is 16.0. The van der Waals surface area contributed by atoms with Crippen LogP contribution in [-0.4, -0.2) is 41.0 Å². The van der Waals surface area contributed by atoms with Gasteiger partial charge in [0, 0.05) is 17.1 Å². The fourth-order valence-electron chi connectivity index (χ4n) is 3.91. The molecular formula is C20H23N3Na2O5. The van der Waals surface area contributed by atoms with E-state index in [1.807, 2.05) is 24.3 Å². The molecule has 0 bridgehead atoms. The van der Waals surface area contributed by atoms with Gasteiger partial charge >= 0.3 is 59.1 Å². The zero-order valence-electron chi connectivity index (χ0n) is 17.5. The number of carboxylic acids is 2. The summed E-state index contributed by atoms with van der Waals surface area (Å²) in [7, 11) is 0. The van der Waals surface area contributed by atoms with E-state index in [1.54, 1.807) is 6.20 Å². The van der Waals surface area contributed by atoms with E-state index in [1.165, 1.54) is 0 Å². The molecule has 3 N–H and O–H groups in total. The van der Waals surface area contributed by atoms with Crippen LogP contribution in [0.2, 0.25) is 0 Å². The first-order chi connectivity index (χ1) is 13.4. The number of hydrogen-bond donors (Lipinski definition) is 3. The number of aromatic nitrogens is 1. The van der Waals surface area contributed by atoms with Crippen LogP contribution in [0.3, 0.4) is 0 Å². The van der Waals surface area contributed by atoms with Gasteiger partial charge in [-0.25, -0.2) is 0 Å². The third kappa shape index (κ3) is 6.56. The van der Waals surface area contributed by atoms with Crippen LogP contribution in [0.5, 0.6) is 0 Å². The van der Waals surface area contributed by atoms with E-state index in [0.717, 1.165) is 35.7 Å². The number of aromatic amines is 1. The summed E-state index contributed by atoms with van der Waals surface area (Å²) in [6.45, 7) is -0.636. The second-order valence-electron chi connectivity index (χ2n) is 7.28. The molecule has 1 aromatic heterocycles. The number of fused-ring (bicyclic) bond motifs is 1. The number of hydrogen-bond acceptors (Lipinski definition) is 6. The van der Waals surface area contributed by atoms with Crippen LogP contribution < -0.4 is 80.0 Å². The Kier molecular flexibility index (Phi) is 11.1. The molecule has 0 aliphatic heterocycles. The van der Waals surface area contributed by atoms with Crippen molar-refractivity contribution in [3.63, 3.8) is 0 Å². The molecule has 0 unspecified atom stereocenters. The molecule has 0 radical (unpaired) electrons. The molecule has 10 heteroatoms. The van der Waals surface area contributed by atoms with Crippen LogP contribution in [0.15, 0.2) is 30.5 Å². The number of carbonyl (C=O) groups is 3. The molecule has 3 rings (SSSR count). The molecule has 30 heavy (non-hydrogen) atoms. The number of para-hydroxylation sites is 1. The van der Waals surface area contributed by atoms with Crippen LogP contribution in [0.4, 0.5) is 0 Å². The van der Waals surface area contributed by atoms with Gasteiger partial charge in [0.25, 0.3) is 0 Å². The van der Waals surface area contributed by atoms with E-state index in [4.69, 9.17) is 0 Å². The first-order valence-corrected chi connectivity index (χ1v) is 9.43. The van der Waals surface area contributed by atoms with Gasteiger partial charge in [0.15, 0.2) is 0 Å². The van der Waals surface area contributed by atoms with Crippen molar-refractivity contribution in [2.75, 3.05) is 6.54 Å². The number of nitrogens with one attached hydrogen (secondary N) is 3. The minimum atomic E-state index is -1.41. The number of rotatable bonds is 8. The van der Waals surface area contributed by atoms with Gasteiger partial charge in [0.2, 0.25) is 5.91 Å². The Hall–Kier alpha value is -0.870. The van der Waals surface area contributed by atoms with Crippen LogP contribution in [-0.2, 0) is 20.8 Å². The van der Waals surface area contributed by atoms with Crippen molar-refractivity contribution < 1.29 is 83.7 Å². The van der Waals surface area contributed by atoms with E-state index < -0.39 is 36.0 Å². The van der Waals surface area contributed by atoms with Crippen molar-refractivity contribution in [2.24, 2.45) is 0 Å².